The van der Waals surface area contributed by atoms with Gasteiger partial charge in [-0.05, 0) is 24.3 Å². The summed E-state index contributed by atoms with van der Waals surface area (Å²) in [5.74, 6) is -1.86. The summed E-state index contributed by atoms with van der Waals surface area (Å²) in [6, 6.07) is 3.96. The molecule has 1 atom stereocenters. The van der Waals surface area contributed by atoms with Gasteiger partial charge in [0.05, 0.1) is 5.56 Å². The van der Waals surface area contributed by atoms with Crippen molar-refractivity contribution >= 4 is 22.8 Å². The van der Waals surface area contributed by atoms with Gasteiger partial charge in [-0.15, -0.1) is 0 Å². The lowest BCUT2D eigenvalue weighted by molar-refractivity contribution is -0.141. The number of hydrogen-bond donors (Lipinski definition) is 1. The molecule has 0 aliphatic rings. The number of carbonyl (C=O) groups excluding carboxylic acids is 1. The van der Waals surface area contributed by atoms with Gasteiger partial charge >= 0.3 is 12.1 Å². The van der Waals surface area contributed by atoms with Crippen LogP contribution in [-0.2, 0) is 15.8 Å². The molecule has 0 spiro atoms. The topological polar surface area (TPSA) is 63.6 Å². The molecule has 4 nitrogen and oxygen atoms in total. The highest BCUT2D eigenvalue weighted by Gasteiger charge is 2.30. The number of benzene rings is 1. The Labute approximate surface area is 123 Å². The fourth-order valence-corrected chi connectivity index (χ4v) is 2.02. The van der Waals surface area contributed by atoms with Gasteiger partial charge in [-0.1, -0.05) is 11.8 Å². The molecule has 0 radical (unpaired) electrons. The summed E-state index contributed by atoms with van der Waals surface area (Å²) >= 11 is 0.860. The molecule has 0 saturated heterocycles. The fourth-order valence-electron chi connectivity index (χ4n) is 1.35. The molecule has 1 aromatic rings. The Morgan fingerprint density at radius 2 is 1.86 bits per heavy atom. The lowest BCUT2D eigenvalue weighted by Gasteiger charge is -2.13. The zero-order valence-corrected chi connectivity index (χ0v) is 11.8. The summed E-state index contributed by atoms with van der Waals surface area (Å²) in [6.07, 6.45) is -4.43. The van der Waals surface area contributed by atoms with E-state index >= 15 is 0 Å². The quantitative estimate of drug-likeness (QED) is 0.872. The lowest BCUT2D eigenvalue weighted by Crippen LogP contribution is -2.24. The largest absolute Gasteiger partial charge is 0.493 e. The van der Waals surface area contributed by atoms with E-state index in [9.17, 15) is 22.8 Å². The Morgan fingerprint density at radius 3 is 2.29 bits per heavy atom. The molecule has 0 amide bonds. The van der Waals surface area contributed by atoms with Gasteiger partial charge < -0.3 is 9.84 Å². The SMILES string of the molecule is CC(=O)SCC(COc1ccc(C(F)(F)F)cc1)C(=O)O. The van der Waals surface area contributed by atoms with Crippen LogP contribution in [0.2, 0.25) is 0 Å². The molecule has 1 N–H and O–H groups in total. The van der Waals surface area contributed by atoms with Crippen molar-refractivity contribution in [3.63, 3.8) is 0 Å². The van der Waals surface area contributed by atoms with Gasteiger partial charge in [0.25, 0.3) is 0 Å². The molecule has 21 heavy (non-hydrogen) atoms. The number of carboxylic acid groups (broad SMARTS) is 1. The van der Waals surface area contributed by atoms with Crippen molar-refractivity contribution in [3.8, 4) is 5.75 Å². The molecule has 0 aromatic heterocycles. The molecule has 1 aromatic carbocycles. The van der Waals surface area contributed by atoms with Gasteiger partial charge in [-0.25, -0.2) is 0 Å². The second kappa shape index (κ2) is 7.35. The zero-order chi connectivity index (χ0) is 16.0. The number of rotatable bonds is 6. The summed E-state index contributed by atoms with van der Waals surface area (Å²) in [7, 11) is 0. The molecule has 0 aliphatic carbocycles. The Hall–Kier alpha value is -1.70. The minimum atomic E-state index is -4.43. The minimum absolute atomic E-state index is 0.0469. The maximum Gasteiger partial charge on any atom is 0.416 e. The van der Waals surface area contributed by atoms with Crippen LogP contribution in [0.25, 0.3) is 0 Å². The molecular formula is C13H13F3O4S. The van der Waals surface area contributed by atoms with E-state index in [1.54, 1.807) is 0 Å². The van der Waals surface area contributed by atoms with Gasteiger partial charge in [0.15, 0.2) is 5.12 Å². The van der Waals surface area contributed by atoms with E-state index in [0.717, 1.165) is 36.0 Å². The molecule has 1 rings (SSSR count). The van der Waals surface area contributed by atoms with Gasteiger partial charge in [-0.3, -0.25) is 9.59 Å². The summed E-state index contributed by atoms with van der Waals surface area (Å²) in [4.78, 5) is 21.8. The third-order valence-corrected chi connectivity index (χ3v) is 3.45. The number of aliphatic carboxylic acids is 1. The Balaban J connectivity index is 2.59. The van der Waals surface area contributed by atoms with Crippen LogP contribution >= 0.6 is 11.8 Å². The highest BCUT2D eigenvalue weighted by molar-refractivity contribution is 8.13. The summed E-state index contributed by atoms with van der Waals surface area (Å²) in [5, 5.41) is 8.75. The first-order valence-corrected chi connectivity index (χ1v) is 6.85. The van der Waals surface area contributed by atoms with Crippen LogP contribution < -0.4 is 4.74 Å². The van der Waals surface area contributed by atoms with E-state index < -0.39 is 23.6 Å². The van der Waals surface area contributed by atoms with Crippen molar-refractivity contribution in [2.45, 2.75) is 13.1 Å². The van der Waals surface area contributed by atoms with Crippen LogP contribution in [0.5, 0.6) is 5.75 Å². The van der Waals surface area contributed by atoms with Crippen LogP contribution in [0.3, 0.4) is 0 Å². The monoisotopic (exact) mass is 322 g/mol. The zero-order valence-electron chi connectivity index (χ0n) is 11.0. The first-order chi connectivity index (χ1) is 9.70. The molecule has 0 bridgehead atoms. The van der Waals surface area contributed by atoms with E-state index in [1.807, 2.05) is 0 Å². The molecule has 8 heteroatoms. The number of carbonyl (C=O) groups is 2. The molecule has 116 valence electrons. The minimum Gasteiger partial charge on any atom is -0.493 e. The van der Waals surface area contributed by atoms with Gasteiger partial charge in [0.1, 0.15) is 18.3 Å². The average molecular weight is 322 g/mol. The summed E-state index contributed by atoms with van der Waals surface area (Å²) < 4.78 is 42.2. The normalized spacial score (nSPS) is 12.8. The van der Waals surface area contributed by atoms with Crippen LogP contribution in [0, 0.1) is 5.92 Å². The molecule has 1 unspecified atom stereocenters. The Morgan fingerprint density at radius 1 is 1.29 bits per heavy atom. The number of thioether (sulfide) groups is 1. The Bertz CT molecular complexity index is 499. The summed E-state index contributed by atoms with van der Waals surface area (Å²) in [6.45, 7) is 1.10. The van der Waals surface area contributed by atoms with Crippen molar-refractivity contribution in [1.82, 2.24) is 0 Å². The standard InChI is InChI=1S/C13H13F3O4S/c1-8(17)21-7-9(12(18)19)6-20-11-4-2-10(3-5-11)13(14,15)16/h2-5,9H,6-7H2,1H3,(H,18,19). The molecule has 0 aliphatic heterocycles. The fraction of sp³-hybridized carbons (Fsp3) is 0.385. The second-order valence-corrected chi connectivity index (χ2v) is 5.37. The number of hydrogen-bond acceptors (Lipinski definition) is 4. The second-order valence-electron chi connectivity index (χ2n) is 4.17. The molecule has 0 fully saturated rings. The van der Waals surface area contributed by atoms with Crippen LogP contribution in [-0.4, -0.2) is 28.6 Å². The van der Waals surface area contributed by atoms with Crippen LogP contribution in [0.4, 0.5) is 13.2 Å². The van der Waals surface area contributed by atoms with Gasteiger partial charge in [0, 0.05) is 12.7 Å². The molecular weight excluding hydrogens is 309 g/mol. The van der Waals surface area contributed by atoms with E-state index in [0.29, 0.717) is 0 Å². The van der Waals surface area contributed by atoms with Gasteiger partial charge in [-0.2, -0.15) is 13.2 Å². The van der Waals surface area contributed by atoms with Crippen molar-refractivity contribution < 1.29 is 32.6 Å². The van der Waals surface area contributed by atoms with E-state index in [2.05, 4.69) is 0 Å². The molecule has 0 heterocycles. The third kappa shape index (κ3) is 6.07. The van der Waals surface area contributed by atoms with E-state index in [4.69, 9.17) is 9.84 Å². The van der Waals surface area contributed by atoms with E-state index in [1.165, 1.54) is 6.92 Å². The first-order valence-electron chi connectivity index (χ1n) is 5.86. The van der Waals surface area contributed by atoms with Crippen LogP contribution in [0.15, 0.2) is 24.3 Å². The van der Waals surface area contributed by atoms with Crippen molar-refractivity contribution in [2.75, 3.05) is 12.4 Å². The predicted molar refractivity (Wildman–Crippen MR) is 71.2 cm³/mol. The van der Waals surface area contributed by atoms with E-state index in [-0.39, 0.29) is 23.2 Å². The smallest absolute Gasteiger partial charge is 0.416 e. The lowest BCUT2D eigenvalue weighted by atomic mass is 10.2. The van der Waals surface area contributed by atoms with Gasteiger partial charge in [0.2, 0.25) is 0 Å². The average Bonchev–Trinajstić information content (AvgIpc) is 2.37. The number of carboxylic acids is 1. The van der Waals surface area contributed by atoms with Crippen molar-refractivity contribution in [3.05, 3.63) is 29.8 Å². The molecule has 0 saturated carbocycles. The highest BCUT2D eigenvalue weighted by Crippen LogP contribution is 2.30. The first kappa shape index (κ1) is 17.4. The maximum atomic E-state index is 12.4. The van der Waals surface area contributed by atoms with Crippen LogP contribution in [0.1, 0.15) is 12.5 Å². The third-order valence-electron chi connectivity index (χ3n) is 2.47. The number of halogens is 3. The summed E-state index contributed by atoms with van der Waals surface area (Å²) in [5.41, 5.74) is -0.809. The maximum absolute atomic E-state index is 12.4. The number of alkyl halides is 3. The van der Waals surface area contributed by atoms with Crippen molar-refractivity contribution in [2.24, 2.45) is 5.92 Å². The number of ether oxygens (including phenoxy) is 1. The predicted octanol–water partition coefficient (Wildman–Crippen LogP) is 3.06. The Kier molecular flexibility index (Phi) is 6.07. The highest BCUT2D eigenvalue weighted by atomic mass is 32.2. The van der Waals surface area contributed by atoms with Crippen molar-refractivity contribution in [1.29, 1.82) is 0 Å².